The number of rotatable bonds is 15. The van der Waals surface area contributed by atoms with E-state index in [9.17, 15) is 58.2 Å². The van der Waals surface area contributed by atoms with Crippen LogP contribution < -0.4 is 20.7 Å². The molecule has 0 saturated carbocycles. The van der Waals surface area contributed by atoms with E-state index in [1.54, 1.807) is 52.0 Å². The van der Waals surface area contributed by atoms with Gasteiger partial charge in [-0.3, -0.25) is 43.2 Å². The van der Waals surface area contributed by atoms with Gasteiger partial charge in [-0.2, -0.15) is 0 Å². The quantitative estimate of drug-likeness (QED) is 0.124. The minimum Gasteiger partial charge on any atom is -0.497 e. The molecule has 3 saturated heterocycles. The van der Waals surface area contributed by atoms with Gasteiger partial charge in [0.15, 0.2) is 11.9 Å². The summed E-state index contributed by atoms with van der Waals surface area (Å²) in [7, 11) is 4.29. The Morgan fingerprint density at radius 2 is 1.44 bits per heavy atom. The van der Waals surface area contributed by atoms with Crippen molar-refractivity contribution in [1.82, 2.24) is 35.6 Å². The third-order valence-corrected chi connectivity index (χ3v) is 15.0. The van der Waals surface area contributed by atoms with Crippen molar-refractivity contribution in [1.29, 1.82) is 0 Å². The van der Waals surface area contributed by atoms with E-state index in [1.165, 1.54) is 61.6 Å². The number of hydrogen-bond donors (Lipinski definition) is 5. The van der Waals surface area contributed by atoms with Crippen LogP contribution in [0.4, 0.5) is 0 Å². The van der Waals surface area contributed by atoms with Gasteiger partial charge in [0.1, 0.15) is 54.2 Å². The highest BCUT2D eigenvalue weighted by Gasteiger charge is 2.46. The summed E-state index contributed by atoms with van der Waals surface area (Å²) >= 11 is 0. The molecule has 12 atom stereocenters. The zero-order chi connectivity index (χ0) is 59.3. The number of methoxy groups -OCH3 is 1. The van der Waals surface area contributed by atoms with Gasteiger partial charge in [-0.25, -0.2) is 4.79 Å². The summed E-state index contributed by atoms with van der Waals surface area (Å²) in [5.74, 6) is -9.92. The van der Waals surface area contributed by atoms with Gasteiger partial charge in [0.05, 0.1) is 31.6 Å². The zero-order valence-corrected chi connectivity index (χ0v) is 48.8. The van der Waals surface area contributed by atoms with Crippen molar-refractivity contribution >= 4 is 59.1 Å². The summed E-state index contributed by atoms with van der Waals surface area (Å²) in [5.41, 5.74) is 0.571. The van der Waals surface area contributed by atoms with Gasteiger partial charge in [-0.05, 0) is 107 Å². The molecule has 22 nitrogen and oxygen atoms in total. The van der Waals surface area contributed by atoms with E-state index in [0.717, 1.165) is 0 Å². The standard InChI is InChI=1S/C57H89N7O15/c1-30(2)25-39-45(66)29-46(67)79-49(33(7)8)48(68)34(9)50(69)59-40(26-31(3)4)54(73)64-24-16-18-42(64)56(75)62(13)44(28-37-19-21-38(77-14)22-20-37)57(76)78-36(11)47(52(71)58-39)60-51(70)43(27-32(5)6)61(12)55(74)41-17-15-23-63(41)53(72)35(10)65/h19-22,30-36,39-45,47,49,65-66H,15-18,23-29H2,1-14H3,(H,58,71)(H,59,69)(H,60,70)/t34-,35?,36+,39+,40-,41?,42?,43?,44-,45-,47-,49-/m0/s1. The highest BCUT2D eigenvalue weighted by molar-refractivity contribution is 6.05. The number of cyclic esters (lactones) is 2. The van der Waals surface area contributed by atoms with Crippen LogP contribution in [-0.2, 0) is 63.8 Å². The summed E-state index contributed by atoms with van der Waals surface area (Å²) in [5, 5.41) is 30.2. The maximum Gasteiger partial charge on any atom is 0.329 e. The second kappa shape index (κ2) is 29.3. The Balaban J connectivity index is 1.88. The van der Waals surface area contributed by atoms with Gasteiger partial charge in [-0.1, -0.05) is 67.5 Å². The molecule has 3 aliphatic heterocycles. The number of carbonyl (C=O) groups is 10. The van der Waals surface area contributed by atoms with Crippen molar-refractivity contribution in [3.05, 3.63) is 29.8 Å². The first-order chi connectivity index (χ1) is 37.0. The van der Waals surface area contributed by atoms with Crippen molar-refractivity contribution in [3.63, 3.8) is 0 Å². The number of amides is 7. The Hall–Kier alpha value is -6.16. The van der Waals surface area contributed by atoms with E-state index in [4.69, 9.17) is 14.2 Å². The van der Waals surface area contributed by atoms with E-state index in [2.05, 4.69) is 16.0 Å². The van der Waals surface area contributed by atoms with Crippen LogP contribution in [0.5, 0.6) is 5.75 Å². The molecular formula is C57H89N7O15. The molecule has 3 heterocycles. The topological polar surface area (TPSA) is 288 Å². The molecule has 3 fully saturated rings. The van der Waals surface area contributed by atoms with Gasteiger partial charge in [0.2, 0.25) is 35.4 Å². The Morgan fingerprint density at radius 1 is 0.823 bits per heavy atom. The average molecular weight is 1110 g/mol. The molecule has 0 radical (unpaired) electrons. The minimum atomic E-state index is -1.76. The van der Waals surface area contributed by atoms with Crippen LogP contribution in [0.2, 0.25) is 0 Å². The lowest BCUT2D eigenvalue weighted by Gasteiger charge is -2.36. The number of ketones is 1. The molecule has 0 spiro atoms. The molecular weight excluding hydrogens is 1020 g/mol. The number of hydrogen-bond acceptors (Lipinski definition) is 15. The SMILES string of the molecule is COc1ccc(C[C@H]2C(=O)O[C@H](C)[C@H](NC(=O)C(CC(C)C)N(C)C(=O)C3CCCN3C(=O)C(C)O)C(=O)N[C@H](CC(C)C)[C@@H](O)CC(=O)O[C@@H](C(C)C)C(=O)[C@H](C)C(=O)N[C@@H](CC(C)C)C(=O)N3CCCC3C(=O)N2C)cc1. The Labute approximate surface area is 465 Å². The second-order valence-corrected chi connectivity index (χ2v) is 23.3. The fourth-order valence-corrected chi connectivity index (χ4v) is 10.5. The molecule has 3 aliphatic rings. The molecule has 442 valence electrons. The van der Waals surface area contributed by atoms with Crippen molar-refractivity contribution in [2.75, 3.05) is 34.3 Å². The maximum absolute atomic E-state index is 15.0. The number of aliphatic hydroxyl groups excluding tert-OH is 2. The number of likely N-dealkylation sites (tertiary alicyclic amines) is 1. The van der Waals surface area contributed by atoms with Crippen molar-refractivity contribution in [2.45, 2.75) is 201 Å². The molecule has 0 aliphatic carbocycles. The van der Waals surface area contributed by atoms with Crippen LogP contribution in [0.15, 0.2) is 24.3 Å². The number of benzene rings is 1. The number of likely N-dealkylation sites (N-methyl/N-ethyl adjacent to an activating group) is 2. The predicted octanol–water partition coefficient (Wildman–Crippen LogP) is 2.32. The van der Waals surface area contributed by atoms with Crippen LogP contribution in [0.25, 0.3) is 0 Å². The molecule has 1 aromatic rings. The van der Waals surface area contributed by atoms with E-state index in [0.29, 0.717) is 24.2 Å². The molecule has 4 rings (SSSR count). The first-order valence-corrected chi connectivity index (χ1v) is 28.0. The smallest absolute Gasteiger partial charge is 0.329 e. The number of carbonyl (C=O) groups excluding carboxylic acids is 10. The first kappa shape index (κ1) is 65.4. The summed E-state index contributed by atoms with van der Waals surface area (Å²) in [6.45, 7) is 18.5. The Kier molecular flexibility index (Phi) is 24.3. The predicted molar refractivity (Wildman–Crippen MR) is 290 cm³/mol. The van der Waals surface area contributed by atoms with Gasteiger partial charge < -0.3 is 60.0 Å². The molecule has 4 unspecified atom stereocenters. The lowest BCUT2D eigenvalue weighted by Crippen LogP contribution is -2.61. The number of fused-ring (bicyclic) bond motifs is 1. The average Bonchev–Trinajstić information content (AvgIpc) is 4.09. The molecule has 1 aromatic carbocycles. The van der Waals surface area contributed by atoms with Crippen LogP contribution in [0, 0.1) is 29.6 Å². The van der Waals surface area contributed by atoms with Crippen LogP contribution in [0.1, 0.15) is 133 Å². The summed E-state index contributed by atoms with van der Waals surface area (Å²) < 4.78 is 17.2. The summed E-state index contributed by atoms with van der Waals surface area (Å²) in [4.78, 5) is 148. The van der Waals surface area contributed by atoms with Crippen molar-refractivity contribution in [3.8, 4) is 5.75 Å². The van der Waals surface area contributed by atoms with Crippen LogP contribution in [0.3, 0.4) is 0 Å². The lowest BCUT2D eigenvalue weighted by molar-refractivity contribution is -0.163. The van der Waals surface area contributed by atoms with Gasteiger partial charge >= 0.3 is 11.9 Å². The van der Waals surface area contributed by atoms with Crippen LogP contribution in [-0.4, -0.2) is 190 Å². The third kappa shape index (κ3) is 17.4. The van der Waals surface area contributed by atoms with Crippen LogP contribution >= 0.6 is 0 Å². The van der Waals surface area contributed by atoms with Gasteiger partial charge in [-0.15, -0.1) is 0 Å². The number of aliphatic hydroxyl groups is 2. The number of esters is 2. The summed E-state index contributed by atoms with van der Waals surface area (Å²) in [6.07, 6.45) is -5.26. The molecule has 79 heavy (non-hydrogen) atoms. The monoisotopic (exact) mass is 1110 g/mol. The van der Waals surface area contributed by atoms with Crippen molar-refractivity contribution < 1.29 is 72.4 Å². The van der Waals surface area contributed by atoms with E-state index < -0.39 is 144 Å². The normalized spacial score (nSPS) is 27.3. The molecule has 5 N–H and O–H groups in total. The minimum absolute atomic E-state index is 0.0698. The second-order valence-electron chi connectivity index (χ2n) is 23.3. The zero-order valence-electron chi connectivity index (χ0n) is 48.8. The largest absolute Gasteiger partial charge is 0.497 e. The molecule has 0 bridgehead atoms. The Bertz CT molecular complexity index is 2330. The molecule has 0 aromatic heterocycles. The summed E-state index contributed by atoms with van der Waals surface area (Å²) in [6, 6.07) is -2.17. The Morgan fingerprint density at radius 3 is 2.01 bits per heavy atom. The van der Waals surface area contributed by atoms with E-state index in [1.807, 2.05) is 27.7 Å². The highest BCUT2D eigenvalue weighted by atomic mass is 16.6. The number of nitrogens with zero attached hydrogens (tertiary/aromatic N) is 4. The lowest BCUT2D eigenvalue weighted by atomic mass is 9.92. The fraction of sp³-hybridized carbons (Fsp3) is 0.719. The number of Topliss-reactive ketones (excluding diaryl/α,β-unsaturated/α-hetero) is 1. The first-order valence-electron chi connectivity index (χ1n) is 28.0. The third-order valence-electron chi connectivity index (χ3n) is 15.0. The van der Waals surface area contributed by atoms with E-state index >= 15 is 0 Å². The maximum atomic E-state index is 15.0. The van der Waals surface area contributed by atoms with Crippen molar-refractivity contribution in [2.24, 2.45) is 29.6 Å². The molecule has 22 heteroatoms. The van der Waals surface area contributed by atoms with E-state index in [-0.39, 0.29) is 69.4 Å². The van der Waals surface area contributed by atoms with Gasteiger partial charge in [0, 0.05) is 33.6 Å². The molecule has 7 amide bonds. The number of ether oxygens (including phenoxy) is 3. The fourth-order valence-electron chi connectivity index (χ4n) is 10.5. The highest BCUT2D eigenvalue weighted by Crippen LogP contribution is 2.27. The van der Waals surface area contributed by atoms with Gasteiger partial charge in [0.25, 0.3) is 5.91 Å². The number of nitrogens with one attached hydrogen (secondary N) is 3.